The zero-order valence-corrected chi connectivity index (χ0v) is 12.3. The Morgan fingerprint density at radius 3 is 2.10 bits per heavy atom. The van der Waals surface area contributed by atoms with E-state index in [9.17, 15) is 18.9 Å². The molecule has 108 valence electrons. The van der Waals surface area contributed by atoms with Gasteiger partial charge in [0, 0.05) is 35.4 Å². The van der Waals surface area contributed by atoms with Gasteiger partial charge in [-0.1, -0.05) is 12.1 Å². The first-order valence-electron chi connectivity index (χ1n) is 6.39. The van der Waals surface area contributed by atoms with Gasteiger partial charge in [-0.2, -0.15) is 0 Å². The molecule has 0 radical (unpaired) electrons. The molecule has 0 aliphatic carbocycles. The predicted octanol–water partition coefficient (Wildman–Crippen LogP) is 1.21. The minimum absolute atomic E-state index is 0.0710. The Balaban J connectivity index is 2.41. The first-order valence-corrected chi connectivity index (χ1v) is 7.88. The topological polar surface area (TPSA) is 74.7 Å². The lowest BCUT2D eigenvalue weighted by Crippen LogP contribution is -2.42. The van der Waals surface area contributed by atoms with Crippen LogP contribution in [0, 0.1) is 13.8 Å². The summed E-state index contributed by atoms with van der Waals surface area (Å²) in [6, 6.07) is 3.47. The molecule has 1 heterocycles. The van der Waals surface area contributed by atoms with Crippen molar-refractivity contribution in [1.82, 2.24) is 4.90 Å². The van der Waals surface area contributed by atoms with Crippen LogP contribution in [0.15, 0.2) is 12.1 Å². The van der Waals surface area contributed by atoms with E-state index in [1.54, 1.807) is 30.9 Å². The van der Waals surface area contributed by atoms with E-state index >= 15 is 0 Å². The summed E-state index contributed by atoms with van der Waals surface area (Å²) in [4.78, 5) is 25.6. The van der Waals surface area contributed by atoms with Crippen molar-refractivity contribution in [2.45, 2.75) is 13.8 Å². The number of carbonyl (C=O) groups is 2. The average Bonchev–Trinajstić information content (AvgIpc) is 2.40. The molecule has 1 N–H and O–H groups in total. The fourth-order valence-corrected chi connectivity index (χ4v) is 3.41. The van der Waals surface area contributed by atoms with Crippen molar-refractivity contribution in [2.24, 2.45) is 0 Å². The number of nitrogens with zero attached hydrogens (tertiary/aromatic N) is 1. The molecule has 0 atom stereocenters. The van der Waals surface area contributed by atoms with Gasteiger partial charge in [-0.15, -0.1) is 0 Å². The third kappa shape index (κ3) is 2.75. The number of aromatic carboxylic acids is 1. The Morgan fingerprint density at radius 2 is 1.60 bits per heavy atom. The van der Waals surface area contributed by atoms with Gasteiger partial charge in [0.05, 0.1) is 11.1 Å². The molecule has 2 rings (SSSR count). The monoisotopic (exact) mass is 295 g/mol. The maximum atomic E-state index is 12.6. The second kappa shape index (κ2) is 5.75. The lowest BCUT2D eigenvalue weighted by atomic mass is 9.96. The molecule has 1 aromatic rings. The summed E-state index contributed by atoms with van der Waals surface area (Å²) in [5.74, 6) is -0.451. The van der Waals surface area contributed by atoms with Crippen molar-refractivity contribution in [3.8, 4) is 0 Å². The molecule has 0 unspecified atom stereocenters. The normalized spacial score (nSPS) is 16.2. The smallest absolute Gasteiger partial charge is 0.336 e. The molecule has 1 fully saturated rings. The van der Waals surface area contributed by atoms with Crippen LogP contribution in [0.1, 0.15) is 31.8 Å². The third-order valence-corrected chi connectivity index (χ3v) is 4.79. The van der Waals surface area contributed by atoms with Crippen molar-refractivity contribution in [1.29, 1.82) is 0 Å². The molecule has 20 heavy (non-hydrogen) atoms. The lowest BCUT2D eigenvalue weighted by molar-refractivity contribution is 0.0676. The van der Waals surface area contributed by atoms with Crippen molar-refractivity contribution >= 4 is 22.7 Å². The fourth-order valence-electron chi connectivity index (χ4n) is 2.36. The van der Waals surface area contributed by atoms with E-state index in [1.165, 1.54) is 0 Å². The predicted molar refractivity (Wildman–Crippen MR) is 76.7 cm³/mol. The van der Waals surface area contributed by atoms with E-state index in [0.717, 1.165) is 0 Å². The van der Waals surface area contributed by atoms with Gasteiger partial charge in [0.15, 0.2) is 0 Å². The number of carboxylic acid groups (broad SMARTS) is 1. The van der Waals surface area contributed by atoms with Crippen LogP contribution in [0.3, 0.4) is 0 Å². The molecule has 0 spiro atoms. The van der Waals surface area contributed by atoms with E-state index < -0.39 is 16.8 Å². The zero-order valence-electron chi connectivity index (χ0n) is 11.5. The summed E-state index contributed by atoms with van der Waals surface area (Å²) in [7, 11) is -0.868. The summed E-state index contributed by atoms with van der Waals surface area (Å²) in [5, 5.41) is 9.34. The van der Waals surface area contributed by atoms with Crippen LogP contribution in [0.5, 0.6) is 0 Å². The summed E-state index contributed by atoms with van der Waals surface area (Å²) in [6.45, 7) is 4.25. The molecule has 1 aliphatic heterocycles. The second-order valence-electron chi connectivity index (χ2n) is 4.89. The Bertz CT molecular complexity index is 587. The molecule has 0 saturated carbocycles. The van der Waals surface area contributed by atoms with Crippen molar-refractivity contribution in [3.63, 3.8) is 0 Å². The van der Waals surface area contributed by atoms with Crippen LogP contribution >= 0.6 is 0 Å². The number of rotatable bonds is 2. The van der Waals surface area contributed by atoms with Crippen LogP contribution in [0.25, 0.3) is 0 Å². The first-order chi connectivity index (χ1) is 9.41. The number of aryl methyl sites for hydroxylation is 2. The highest BCUT2D eigenvalue weighted by Crippen LogP contribution is 2.21. The highest BCUT2D eigenvalue weighted by Gasteiger charge is 2.27. The largest absolute Gasteiger partial charge is 0.478 e. The molecule has 1 aromatic carbocycles. The molecule has 1 saturated heterocycles. The van der Waals surface area contributed by atoms with E-state index in [2.05, 4.69) is 0 Å². The first kappa shape index (κ1) is 14.7. The Labute approximate surface area is 120 Å². The van der Waals surface area contributed by atoms with Crippen LogP contribution in [-0.2, 0) is 10.8 Å². The molecule has 1 aliphatic rings. The van der Waals surface area contributed by atoms with Gasteiger partial charge >= 0.3 is 5.97 Å². The van der Waals surface area contributed by atoms with Crippen LogP contribution in [0.2, 0.25) is 0 Å². The lowest BCUT2D eigenvalue weighted by Gasteiger charge is -2.27. The van der Waals surface area contributed by atoms with Gasteiger partial charge in [0.1, 0.15) is 0 Å². The average molecular weight is 295 g/mol. The number of amides is 1. The standard InChI is InChI=1S/C14H17NO4S/c1-9-3-4-10(2)12(14(17)18)11(9)13(16)15-5-7-20(19)8-6-15/h3-4H,5-8H2,1-2H3,(H,17,18). The van der Waals surface area contributed by atoms with Crippen molar-refractivity contribution in [2.75, 3.05) is 24.6 Å². The highest BCUT2D eigenvalue weighted by atomic mass is 32.2. The summed E-state index contributed by atoms with van der Waals surface area (Å²) >= 11 is 0. The minimum Gasteiger partial charge on any atom is -0.478 e. The SMILES string of the molecule is Cc1ccc(C)c(C(=O)N2CCS(=O)CC2)c1C(=O)O. The maximum absolute atomic E-state index is 12.6. The zero-order chi connectivity index (χ0) is 14.9. The van der Waals surface area contributed by atoms with E-state index in [4.69, 9.17) is 0 Å². The van der Waals surface area contributed by atoms with E-state index in [-0.39, 0.29) is 17.0 Å². The van der Waals surface area contributed by atoms with Crippen LogP contribution in [-0.4, -0.2) is 50.7 Å². The van der Waals surface area contributed by atoms with E-state index in [0.29, 0.717) is 35.7 Å². The summed E-state index contributed by atoms with van der Waals surface area (Å²) in [5.41, 5.74) is 1.56. The number of hydrogen-bond acceptors (Lipinski definition) is 3. The molecule has 6 heteroatoms. The summed E-state index contributed by atoms with van der Waals surface area (Å²) in [6.07, 6.45) is 0. The molecule has 1 amide bonds. The maximum Gasteiger partial charge on any atom is 0.336 e. The van der Waals surface area contributed by atoms with Crippen molar-refractivity contribution < 1.29 is 18.9 Å². The van der Waals surface area contributed by atoms with Gasteiger partial charge < -0.3 is 10.0 Å². The molecular weight excluding hydrogens is 278 g/mol. The minimum atomic E-state index is -1.09. The molecule has 0 aromatic heterocycles. The van der Waals surface area contributed by atoms with E-state index in [1.807, 2.05) is 0 Å². The highest BCUT2D eigenvalue weighted by molar-refractivity contribution is 7.85. The molecule has 0 bridgehead atoms. The molecular formula is C14H17NO4S. The Hall–Kier alpha value is -1.69. The quantitative estimate of drug-likeness (QED) is 0.890. The number of benzene rings is 1. The second-order valence-corrected chi connectivity index (χ2v) is 6.59. The number of carboxylic acids is 1. The van der Waals surface area contributed by atoms with Gasteiger partial charge in [0.2, 0.25) is 0 Å². The Morgan fingerprint density at radius 1 is 1.10 bits per heavy atom. The number of hydrogen-bond donors (Lipinski definition) is 1. The van der Waals surface area contributed by atoms with Crippen LogP contribution in [0.4, 0.5) is 0 Å². The number of carbonyl (C=O) groups excluding carboxylic acids is 1. The van der Waals surface area contributed by atoms with Gasteiger partial charge in [-0.25, -0.2) is 4.79 Å². The van der Waals surface area contributed by atoms with Crippen LogP contribution < -0.4 is 0 Å². The van der Waals surface area contributed by atoms with Gasteiger partial charge in [-0.3, -0.25) is 9.00 Å². The van der Waals surface area contributed by atoms with Crippen molar-refractivity contribution in [3.05, 3.63) is 34.4 Å². The van der Waals surface area contributed by atoms with Gasteiger partial charge in [-0.05, 0) is 25.0 Å². The molecule has 5 nitrogen and oxygen atoms in total. The fraction of sp³-hybridized carbons (Fsp3) is 0.429. The van der Waals surface area contributed by atoms with Gasteiger partial charge in [0.25, 0.3) is 5.91 Å². The summed E-state index contributed by atoms with van der Waals surface area (Å²) < 4.78 is 11.3. The Kier molecular flexibility index (Phi) is 4.23. The third-order valence-electron chi connectivity index (χ3n) is 3.51.